The molecule has 0 aliphatic rings. The van der Waals surface area contributed by atoms with Gasteiger partial charge in [-0.1, -0.05) is 42.5 Å². The van der Waals surface area contributed by atoms with Crippen LogP contribution in [0.15, 0.2) is 59.4 Å². The molecule has 130 valence electrons. The Morgan fingerprint density at radius 3 is 2.60 bits per heavy atom. The Balaban J connectivity index is 1.62. The van der Waals surface area contributed by atoms with E-state index in [9.17, 15) is 14.7 Å². The van der Waals surface area contributed by atoms with Gasteiger partial charge in [-0.15, -0.1) is 0 Å². The second-order valence-corrected chi connectivity index (χ2v) is 6.16. The summed E-state index contributed by atoms with van der Waals surface area (Å²) in [5.41, 5.74) is 1.90. The number of aromatic nitrogens is 2. The lowest BCUT2D eigenvalue weighted by Crippen LogP contribution is -2.37. The standard InChI is InChI=1S/C19H21N3O3/c1-13(11-17(23)14-7-3-2-4-8-14)20-18(24)12-22-16-10-6-5-9-15(16)21-19(22)25/h2-10,13,17,23H,11-12H2,1H3,(H,20,24)(H,21,25). The molecule has 1 heterocycles. The Morgan fingerprint density at radius 2 is 1.84 bits per heavy atom. The first-order chi connectivity index (χ1) is 12.0. The normalized spacial score (nSPS) is 13.5. The molecule has 0 aliphatic heterocycles. The number of carbonyl (C=O) groups excluding carboxylic acids is 1. The highest BCUT2D eigenvalue weighted by Gasteiger charge is 2.16. The molecule has 2 unspecified atom stereocenters. The minimum atomic E-state index is -0.646. The van der Waals surface area contributed by atoms with Crippen LogP contribution in [-0.2, 0) is 11.3 Å². The monoisotopic (exact) mass is 339 g/mol. The third-order valence-corrected chi connectivity index (χ3v) is 4.15. The van der Waals surface area contributed by atoms with Gasteiger partial charge < -0.3 is 15.4 Å². The average molecular weight is 339 g/mol. The van der Waals surface area contributed by atoms with E-state index in [0.29, 0.717) is 17.5 Å². The summed E-state index contributed by atoms with van der Waals surface area (Å²) < 4.78 is 1.41. The molecule has 1 aromatic heterocycles. The van der Waals surface area contributed by atoms with Gasteiger partial charge in [-0.05, 0) is 31.0 Å². The topological polar surface area (TPSA) is 87.1 Å². The fourth-order valence-electron chi connectivity index (χ4n) is 2.93. The number of carbonyl (C=O) groups is 1. The zero-order valence-electron chi connectivity index (χ0n) is 14.0. The van der Waals surface area contributed by atoms with Crippen molar-refractivity contribution in [2.45, 2.75) is 32.0 Å². The van der Waals surface area contributed by atoms with Gasteiger partial charge in [0.05, 0.1) is 17.1 Å². The van der Waals surface area contributed by atoms with E-state index in [1.54, 1.807) is 12.1 Å². The number of nitrogens with zero attached hydrogens (tertiary/aromatic N) is 1. The smallest absolute Gasteiger partial charge is 0.326 e. The van der Waals surface area contributed by atoms with E-state index >= 15 is 0 Å². The number of fused-ring (bicyclic) bond motifs is 1. The minimum Gasteiger partial charge on any atom is -0.388 e. The van der Waals surface area contributed by atoms with Gasteiger partial charge in [-0.3, -0.25) is 9.36 Å². The fourth-order valence-corrected chi connectivity index (χ4v) is 2.93. The average Bonchev–Trinajstić information content (AvgIpc) is 2.91. The molecule has 0 fully saturated rings. The lowest BCUT2D eigenvalue weighted by molar-refractivity contribution is -0.122. The molecule has 6 heteroatoms. The maximum Gasteiger partial charge on any atom is 0.326 e. The SMILES string of the molecule is CC(CC(O)c1ccccc1)NC(=O)Cn1c(=O)[nH]c2ccccc21. The van der Waals surface area contributed by atoms with E-state index < -0.39 is 6.10 Å². The number of hydrogen-bond donors (Lipinski definition) is 3. The molecule has 2 aromatic carbocycles. The number of benzene rings is 2. The summed E-state index contributed by atoms with van der Waals surface area (Å²) in [6.45, 7) is 1.77. The highest BCUT2D eigenvalue weighted by Crippen LogP contribution is 2.17. The van der Waals surface area contributed by atoms with Gasteiger partial charge in [0.25, 0.3) is 0 Å². The Kier molecular flexibility index (Phi) is 5.00. The summed E-state index contributed by atoms with van der Waals surface area (Å²) >= 11 is 0. The van der Waals surface area contributed by atoms with Crippen LogP contribution >= 0.6 is 0 Å². The molecule has 0 aliphatic carbocycles. The molecule has 3 N–H and O–H groups in total. The molecule has 0 spiro atoms. The van der Waals surface area contributed by atoms with Gasteiger partial charge in [-0.2, -0.15) is 0 Å². The number of H-pyrrole nitrogens is 1. The molecule has 0 radical (unpaired) electrons. The first kappa shape index (κ1) is 17.0. The van der Waals surface area contributed by atoms with E-state index in [0.717, 1.165) is 5.56 Å². The first-order valence-corrected chi connectivity index (χ1v) is 8.24. The summed E-state index contributed by atoms with van der Waals surface area (Å²) in [6, 6.07) is 16.3. The number of aliphatic hydroxyl groups excluding tert-OH is 1. The van der Waals surface area contributed by atoms with Gasteiger partial charge in [0, 0.05) is 6.04 Å². The van der Waals surface area contributed by atoms with E-state index in [2.05, 4.69) is 10.3 Å². The maximum atomic E-state index is 12.3. The van der Waals surface area contributed by atoms with Crippen LogP contribution in [0.4, 0.5) is 0 Å². The number of imidazole rings is 1. The number of aromatic amines is 1. The Morgan fingerprint density at radius 1 is 1.16 bits per heavy atom. The highest BCUT2D eigenvalue weighted by molar-refractivity contribution is 5.80. The fraction of sp³-hybridized carbons (Fsp3) is 0.263. The molecule has 25 heavy (non-hydrogen) atoms. The summed E-state index contributed by atoms with van der Waals surface area (Å²) in [5.74, 6) is -0.264. The van der Waals surface area contributed by atoms with Crippen molar-refractivity contribution in [3.8, 4) is 0 Å². The van der Waals surface area contributed by atoms with E-state index in [4.69, 9.17) is 0 Å². The lowest BCUT2D eigenvalue weighted by Gasteiger charge is -2.18. The molecule has 2 atom stereocenters. The number of amides is 1. The molecule has 1 amide bonds. The van der Waals surface area contributed by atoms with Crippen LogP contribution in [0.2, 0.25) is 0 Å². The second-order valence-electron chi connectivity index (χ2n) is 6.16. The van der Waals surface area contributed by atoms with Crippen LogP contribution in [0, 0.1) is 0 Å². The molecule has 0 saturated heterocycles. The van der Waals surface area contributed by atoms with Crippen LogP contribution in [0.1, 0.15) is 25.0 Å². The third kappa shape index (κ3) is 3.97. The zero-order chi connectivity index (χ0) is 17.8. The van der Waals surface area contributed by atoms with Gasteiger partial charge in [0.15, 0.2) is 0 Å². The van der Waals surface area contributed by atoms with Gasteiger partial charge in [0.2, 0.25) is 5.91 Å². The van der Waals surface area contributed by atoms with Crippen LogP contribution in [-0.4, -0.2) is 26.6 Å². The number of nitrogens with one attached hydrogen (secondary N) is 2. The van der Waals surface area contributed by atoms with E-state index in [1.165, 1.54) is 4.57 Å². The lowest BCUT2D eigenvalue weighted by atomic mass is 10.0. The molecule has 0 saturated carbocycles. The van der Waals surface area contributed by atoms with E-state index in [-0.39, 0.29) is 24.2 Å². The second kappa shape index (κ2) is 7.36. The van der Waals surface area contributed by atoms with Crippen molar-refractivity contribution in [1.82, 2.24) is 14.9 Å². The van der Waals surface area contributed by atoms with Crippen LogP contribution in [0.25, 0.3) is 11.0 Å². The Labute approximate surface area is 145 Å². The minimum absolute atomic E-state index is 0.0609. The van der Waals surface area contributed by atoms with Gasteiger partial charge in [0.1, 0.15) is 6.54 Å². The van der Waals surface area contributed by atoms with Crippen LogP contribution in [0.5, 0.6) is 0 Å². The number of aliphatic hydroxyl groups is 1. The quantitative estimate of drug-likeness (QED) is 0.641. The molecule has 6 nitrogen and oxygen atoms in total. The predicted molar refractivity (Wildman–Crippen MR) is 96.2 cm³/mol. The van der Waals surface area contributed by atoms with Crippen molar-refractivity contribution < 1.29 is 9.90 Å². The first-order valence-electron chi connectivity index (χ1n) is 8.24. The molecule has 0 bridgehead atoms. The summed E-state index contributed by atoms with van der Waals surface area (Å²) in [5, 5.41) is 13.1. The predicted octanol–water partition coefficient (Wildman–Crippen LogP) is 1.96. The summed E-state index contributed by atoms with van der Waals surface area (Å²) in [7, 11) is 0. The van der Waals surface area contributed by atoms with Crippen molar-refractivity contribution in [2.75, 3.05) is 0 Å². The van der Waals surface area contributed by atoms with Crippen LogP contribution in [0.3, 0.4) is 0 Å². The number of rotatable bonds is 6. The zero-order valence-corrected chi connectivity index (χ0v) is 14.0. The molecular weight excluding hydrogens is 318 g/mol. The van der Waals surface area contributed by atoms with Gasteiger partial charge >= 0.3 is 5.69 Å². The van der Waals surface area contributed by atoms with Crippen molar-refractivity contribution >= 4 is 16.9 Å². The number of para-hydroxylation sites is 2. The largest absolute Gasteiger partial charge is 0.388 e. The summed E-state index contributed by atoms with van der Waals surface area (Å²) in [4.78, 5) is 27.0. The Hall–Kier alpha value is -2.86. The van der Waals surface area contributed by atoms with Crippen molar-refractivity contribution in [1.29, 1.82) is 0 Å². The highest BCUT2D eigenvalue weighted by atomic mass is 16.3. The summed E-state index contributed by atoms with van der Waals surface area (Å²) in [6.07, 6.45) is -0.245. The molecule has 3 aromatic rings. The maximum absolute atomic E-state index is 12.3. The third-order valence-electron chi connectivity index (χ3n) is 4.15. The van der Waals surface area contributed by atoms with Gasteiger partial charge in [-0.25, -0.2) is 4.79 Å². The van der Waals surface area contributed by atoms with Crippen molar-refractivity contribution in [3.63, 3.8) is 0 Å². The number of hydrogen-bond acceptors (Lipinski definition) is 3. The van der Waals surface area contributed by atoms with Crippen LogP contribution < -0.4 is 11.0 Å². The Bertz CT molecular complexity index is 914. The van der Waals surface area contributed by atoms with Crippen molar-refractivity contribution in [3.05, 3.63) is 70.6 Å². The molecule has 3 rings (SSSR count). The van der Waals surface area contributed by atoms with E-state index in [1.807, 2.05) is 49.4 Å². The van der Waals surface area contributed by atoms with Crippen molar-refractivity contribution in [2.24, 2.45) is 0 Å². The molecular formula is C19H21N3O3.